The lowest BCUT2D eigenvalue weighted by Crippen LogP contribution is -2.22. The summed E-state index contributed by atoms with van der Waals surface area (Å²) in [6, 6.07) is 16.9. The van der Waals surface area contributed by atoms with Gasteiger partial charge < -0.3 is 5.32 Å². The second-order valence-electron chi connectivity index (χ2n) is 5.78. The van der Waals surface area contributed by atoms with E-state index in [1.54, 1.807) is 24.7 Å². The van der Waals surface area contributed by atoms with Crippen molar-refractivity contribution in [1.82, 2.24) is 9.36 Å². The third-order valence-electron chi connectivity index (χ3n) is 4.12. The van der Waals surface area contributed by atoms with Crippen LogP contribution in [0.4, 0.5) is 5.69 Å². The first-order valence-electron chi connectivity index (χ1n) is 8.06. The summed E-state index contributed by atoms with van der Waals surface area (Å²) in [5.41, 5.74) is 2.32. The lowest BCUT2D eigenvalue weighted by Gasteiger charge is -2.07. The van der Waals surface area contributed by atoms with Gasteiger partial charge in [0.05, 0.1) is 11.4 Å². The predicted molar refractivity (Wildman–Crippen MR) is 108 cm³/mol. The van der Waals surface area contributed by atoms with E-state index < -0.39 is 0 Å². The van der Waals surface area contributed by atoms with Crippen LogP contribution in [-0.4, -0.2) is 15.3 Å². The molecule has 3 rings (SSSR count). The van der Waals surface area contributed by atoms with Gasteiger partial charge in [-0.05, 0) is 36.8 Å². The summed E-state index contributed by atoms with van der Waals surface area (Å²) in [5.74, 6) is -0.355. The summed E-state index contributed by atoms with van der Waals surface area (Å²) >= 11 is 3.44. The molecule has 2 aromatic carbocycles. The van der Waals surface area contributed by atoms with Gasteiger partial charge in [0.25, 0.3) is 5.56 Å². The second kappa shape index (κ2) is 7.58. The number of carbonyl (C=O) groups is 1. The van der Waals surface area contributed by atoms with Crippen LogP contribution in [0.15, 0.2) is 69.9 Å². The van der Waals surface area contributed by atoms with E-state index in [-0.39, 0.29) is 17.2 Å². The fraction of sp³-hybridized carbons (Fsp3) is 0.100. The Morgan fingerprint density at radius 3 is 2.42 bits per heavy atom. The first-order valence-corrected chi connectivity index (χ1v) is 8.86. The number of hydrogen-bond donors (Lipinski definition) is 1. The number of anilines is 1. The second-order valence-corrected chi connectivity index (χ2v) is 6.63. The summed E-state index contributed by atoms with van der Waals surface area (Å²) in [5, 5.41) is 2.70. The first-order chi connectivity index (χ1) is 12.5. The standard InChI is InChI=1S/C20H18BrN3O2/c1-14-19(20(26)24(23(14)2)16-9-4-3-5-10-16)22-18(25)13-12-15-8-6-7-11-17(15)21/h3-13H,1-2H3,(H,22,25). The zero-order chi connectivity index (χ0) is 18.7. The molecule has 0 atom stereocenters. The highest BCUT2D eigenvalue weighted by atomic mass is 79.9. The van der Waals surface area contributed by atoms with Crippen LogP contribution < -0.4 is 10.9 Å². The zero-order valence-corrected chi connectivity index (χ0v) is 16.0. The van der Waals surface area contributed by atoms with Crippen molar-refractivity contribution in [2.75, 3.05) is 5.32 Å². The fourth-order valence-electron chi connectivity index (χ4n) is 2.65. The SMILES string of the molecule is Cc1c(NC(=O)C=Cc2ccccc2Br)c(=O)n(-c2ccccc2)n1C. The fourth-order valence-corrected chi connectivity index (χ4v) is 3.07. The molecule has 3 aromatic rings. The minimum absolute atomic E-state index is 0.265. The molecule has 0 saturated heterocycles. The minimum atomic E-state index is -0.355. The molecule has 0 spiro atoms. The molecule has 5 nitrogen and oxygen atoms in total. The molecule has 6 heteroatoms. The maximum Gasteiger partial charge on any atom is 0.295 e. The Labute approximate surface area is 159 Å². The summed E-state index contributed by atoms with van der Waals surface area (Å²) in [6.45, 7) is 1.80. The van der Waals surface area contributed by atoms with Crippen LogP contribution in [0.2, 0.25) is 0 Å². The van der Waals surface area contributed by atoms with Crippen LogP contribution in [0.5, 0.6) is 0 Å². The van der Waals surface area contributed by atoms with Crippen LogP contribution in [-0.2, 0) is 11.8 Å². The summed E-state index contributed by atoms with van der Waals surface area (Å²) in [6.07, 6.45) is 3.12. The molecule has 0 aliphatic heterocycles. The molecule has 0 saturated carbocycles. The monoisotopic (exact) mass is 411 g/mol. The van der Waals surface area contributed by atoms with Gasteiger partial charge in [-0.25, -0.2) is 4.68 Å². The molecule has 0 bridgehead atoms. The van der Waals surface area contributed by atoms with Crippen LogP contribution >= 0.6 is 15.9 Å². The lowest BCUT2D eigenvalue weighted by molar-refractivity contribution is -0.111. The average Bonchev–Trinajstić information content (AvgIpc) is 2.85. The van der Waals surface area contributed by atoms with Gasteiger partial charge in [-0.1, -0.05) is 52.3 Å². The van der Waals surface area contributed by atoms with Crippen molar-refractivity contribution in [1.29, 1.82) is 0 Å². The third kappa shape index (κ3) is 3.55. The van der Waals surface area contributed by atoms with E-state index >= 15 is 0 Å². The Morgan fingerprint density at radius 1 is 1.08 bits per heavy atom. The number of benzene rings is 2. The van der Waals surface area contributed by atoms with Crippen LogP contribution in [0.1, 0.15) is 11.3 Å². The van der Waals surface area contributed by atoms with Gasteiger partial charge in [0.1, 0.15) is 5.69 Å². The number of amides is 1. The highest BCUT2D eigenvalue weighted by Crippen LogP contribution is 2.18. The van der Waals surface area contributed by atoms with E-state index in [9.17, 15) is 9.59 Å². The predicted octanol–water partition coefficient (Wildman–Crippen LogP) is 3.90. The van der Waals surface area contributed by atoms with Crippen molar-refractivity contribution in [2.24, 2.45) is 7.05 Å². The first kappa shape index (κ1) is 17.9. The molecule has 0 unspecified atom stereocenters. The van der Waals surface area contributed by atoms with E-state index in [1.165, 1.54) is 10.8 Å². The number of carbonyl (C=O) groups excluding carboxylic acids is 1. The van der Waals surface area contributed by atoms with Gasteiger partial charge in [0, 0.05) is 17.6 Å². The van der Waals surface area contributed by atoms with Gasteiger partial charge in [-0.3, -0.25) is 14.3 Å². The molecule has 1 N–H and O–H groups in total. The highest BCUT2D eigenvalue weighted by molar-refractivity contribution is 9.10. The van der Waals surface area contributed by atoms with Crippen molar-refractivity contribution >= 4 is 33.6 Å². The maximum atomic E-state index is 12.8. The molecule has 1 amide bonds. The molecule has 0 fully saturated rings. The van der Waals surface area contributed by atoms with Crippen molar-refractivity contribution in [3.05, 3.63) is 86.8 Å². The Bertz CT molecular complexity index is 1030. The molecule has 0 aliphatic carbocycles. The summed E-state index contributed by atoms with van der Waals surface area (Å²) < 4.78 is 4.15. The van der Waals surface area contributed by atoms with Crippen molar-refractivity contribution in [2.45, 2.75) is 6.92 Å². The number of nitrogens with one attached hydrogen (secondary N) is 1. The van der Waals surface area contributed by atoms with Gasteiger partial charge in [-0.2, -0.15) is 0 Å². The minimum Gasteiger partial charge on any atom is -0.316 e. The van der Waals surface area contributed by atoms with Gasteiger partial charge >= 0.3 is 0 Å². The average molecular weight is 412 g/mol. The summed E-state index contributed by atoms with van der Waals surface area (Å²) in [7, 11) is 1.79. The zero-order valence-electron chi connectivity index (χ0n) is 14.4. The normalized spacial score (nSPS) is 11.0. The van der Waals surface area contributed by atoms with Crippen molar-refractivity contribution in [3.8, 4) is 5.69 Å². The Balaban J connectivity index is 1.88. The molecular formula is C20H18BrN3O2. The van der Waals surface area contributed by atoms with E-state index in [1.807, 2.05) is 54.6 Å². The molecule has 26 heavy (non-hydrogen) atoms. The van der Waals surface area contributed by atoms with Crippen LogP contribution in [0, 0.1) is 6.92 Å². The maximum absolute atomic E-state index is 12.8. The molecule has 1 heterocycles. The Morgan fingerprint density at radius 2 is 1.73 bits per heavy atom. The van der Waals surface area contributed by atoms with Crippen molar-refractivity contribution < 1.29 is 4.79 Å². The lowest BCUT2D eigenvalue weighted by atomic mass is 10.2. The number of hydrogen-bond acceptors (Lipinski definition) is 2. The molecular weight excluding hydrogens is 394 g/mol. The smallest absolute Gasteiger partial charge is 0.295 e. The Kier molecular flexibility index (Phi) is 5.23. The molecule has 0 aliphatic rings. The Hall–Kier alpha value is -2.86. The molecule has 1 aromatic heterocycles. The van der Waals surface area contributed by atoms with Crippen LogP contribution in [0.25, 0.3) is 11.8 Å². The van der Waals surface area contributed by atoms with Gasteiger partial charge in [0.15, 0.2) is 0 Å². The molecule has 0 radical (unpaired) electrons. The summed E-state index contributed by atoms with van der Waals surface area (Å²) in [4.78, 5) is 25.1. The number of halogens is 1. The number of rotatable bonds is 4. The quantitative estimate of drug-likeness (QED) is 0.661. The van der Waals surface area contributed by atoms with E-state index in [0.29, 0.717) is 5.69 Å². The van der Waals surface area contributed by atoms with E-state index in [4.69, 9.17) is 0 Å². The third-order valence-corrected chi connectivity index (χ3v) is 4.84. The highest BCUT2D eigenvalue weighted by Gasteiger charge is 2.17. The van der Waals surface area contributed by atoms with E-state index in [0.717, 1.165) is 15.7 Å². The van der Waals surface area contributed by atoms with Crippen molar-refractivity contribution in [3.63, 3.8) is 0 Å². The van der Waals surface area contributed by atoms with Gasteiger partial charge in [0.2, 0.25) is 5.91 Å². The van der Waals surface area contributed by atoms with Crippen LogP contribution in [0.3, 0.4) is 0 Å². The molecule has 132 valence electrons. The van der Waals surface area contributed by atoms with Gasteiger partial charge in [-0.15, -0.1) is 0 Å². The largest absolute Gasteiger partial charge is 0.316 e. The number of nitrogens with zero attached hydrogens (tertiary/aromatic N) is 2. The number of para-hydroxylation sites is 1. The topological polar surface area (TPSA) is 56.0 Å². The number of aromatic nitrogens is 2. The van der Waals surface area contributed by atoms with E-state index in [2.05, 4.69) is 21.2 Å².